The van der Waals surface area contributed by atoms with Crippen molar-refractivity contribution >= 4 is 17.5 Å². The third-order valence-electron chi connectivity index (χ3n) is 3.63. The summed E-state index contributed by atoms with van der Waals surface area (Å²) in [6.07, 6.45) is 7.09. The highest BCUT2D eigenvalue weighted by Crippen LogP contribution is 2.26. The predicted octanol–water partition coefficient (Wildman–Crippen LogP) is 2.85. The van der Waals surface area contributed by atoms with Crippen LogP contribution in [-0.2, 0) is 4.79 Å². The van der Waals surface area contributed by atoms with Crippen LogP contribution in [0.4, 0.5) is 0 Å². The summed E-state index contributed by atoms with van der Waals surface area (Å²) in [7, 11) is 0. The Morgan fingerprint density at radius 2 is 2.14 bits per heavy atom. The molecule has 0 aliphatic heterocycles. The van der Waals surface area contributed by atoms with Crippen LogP contribution in [0.15, 0.2) is 18.3 Å². The lowest BCUT2D eigenvalue weighted by atomic mass is 9.92. The Balaban J connectivity index is 1.91. The smallest absolute Gasteiger partial charge is 0.259 e. The van der Waals surface area contributed by atoms with Gasteiger partial charge in [-0.25, -0.2) is 4.98 Å². The van der Waals surface area contributed by atoms with Crippen LogP contribution >= 0.6 is 11.6 Å². The van der Waals surface area contributed by atoms with Gasteiger partial charge in [0, 0.05) is 6.20 Å². The first-order chi connectivity index (χ1) is 10.2. The van der Waals surface area contributed by atoms with Crippen LogP contribution in [0.5, 0.6) is 5.75 Å². The van der Waals surface area contributed by atoms with Crippen molar-refractivity contribution in [3.8, 4) is 11.8 Å². The van der Waals surface area contributed by atoms with Crippen molar-refractivity contribution in [1.29, 1.82) is 5.26 Å². The highest BCUT2D eigenvalue weighted by Gasteiger charge is 2.32. The van der Waals surface area contributed by atoms with Gasteiger partial charge in [-0.05, 0) is 25.0 Å². The van der Waals surface area contributed by atoms with E-state index in [4.69, 9.17) is 16.3 Å². The zero-order valence-corrected chi connectivity index (χ0v) is 12.5. The molecular weight excluding hydrogens is 290 g/mol. The molecule has 1 aromatic heterocycles. The van der Waals surface area contributed by atoms with Crippen LogP contribution in [0.1, 0.15) is 38.5 Å². The van der Waals surface area contributed by atoms with Crippen LogP contribution in [-0.4, -0.2) is 23.0 Å². The molecule has 0 bridgehead atoms. The van der Waals surface area contributed by atoms with Crippen molar-refractivity contribution in [2.75, 3.05) is 6.61 Å². The Hall–Kier alpha value is -1.80. The van der Waals surface area contributed by atoms with Crippen LogP contribution in [0.2, 0.25) is 5.15 Å². The van der Waals surface area contributed by atoms with Gasteiger partial charge in [0.1, 0.15) is 5.54 Å². The lowest BCUT2D eigenvalue weighted by molar-refractivity contribution is -0.124. The third kappa shape index (κ3) is 4.33. The molecule has 5 nitrogen and oxygen atoms in total. The Morgan fingerprint density at radius 3 is 2.76 bits per heavy atom. The number of nitrogens with zero attached hydrogens (tertiary/aromatic N) is 2. The molecule has 1 aliphatic rings. The normalized spacial score (nSPS) is 17.3. The SMILES string of the molecule is N#CC1(NC(=O)COc2cccnc2Cl)CCCCCC1. The number of carbonyl (C=O) groups excluding carboxylic acids is 1. The lowest BCUT2D eigenvalue weighted by Crippen LogP contribution is -2.48. The first kappa shape index (κ1) is 15.6. The standard InChI is InChI=1S/C15H18ClN3O2/c16-14-12(6-5-9-18-14)21-10-13(20)19-15(11-17)7-3-1-2-4-8-15/h5-6,9H,1-4,7-8,10H2,(H,19,20). The average Bonchev–Trinajstić information content (AvgIpc) is 2.72. The number of nitriles is 1. The van der Waals surface area contributed by atoms with Crippen molar-refractivity contribution in [1.82, 2.24) is 10.3 Å². The molecule has 1 aromatic rings. The van der Waals surface area contributed by atoms with E-state index in [0.717, 1.165) is 25.7 Å². The minimum atomic E-state index is -0.754. The first-order valence-corrected chi connectivity index (χ1v) is 7.49. The Labute approximate surface area is 129 Å². The van der Waals surface area contributed by atoms with Gasteiger partial charge >= 0.3 is 0 Å². The minimum Gasteiger partial charge on any atom is -0.481 e. The molecule has 2 rings (SSSR count). The van der Waals surface area contributed by atoms with E-state index in [1.54, 1.807) is 18.3 Å². The molecule has 1 N–H and O–H groups in total. The summed E-state index contributed by atoms with van der Waals surface area (Å²) in [5.41, 5.74) is -0.754. The number of halogens is 1. The fourth-order valence-corrected chi connectivity index (χ4v) is 2.70. The highest BCUT2D eigenvalue weighted by atomic mass is 35.5. The lowest BCUT2D eigenvalue weighted by Gasteiger charge is -2.26. The van der Waals surface area contributed by atoms with E-state index in [1.165, 1.54) is 0 Å². The van der Waals surface area contributed by atoms with Crippen molar-refractivity contribution in [3.63, 3.8) is 0 Å². The van der Waals surface area contributed by atoms with Crippen LogP contribution in [0.25, 0.3) is 0 Å². The van der Waals surface area contributed by atoms with Gasteiger partial charge in [0.25, 0.3) is 5.91 Å². The maximum atomic E-state index is 12.0. The van der Waals surface area contributed by atoms with Gasteiger partial charge in [-0.15, -0.1) is 0 Å². The highest BCUT2D eigenvalue weighted by molar-refractivity contribution is 6.30. The van der Waals surface area contributed by atoms with Crippen molar-refractivity contribution in [2.24, 2.45) is 0 Å². The molecule has 1 aliphatic carbocycles. The number of pyridine rings is 1. The molecule has 112 valence electrons. The Morgan fingerprint density at radius 1 is 1.43 bits per heavy atom. The molecule has 21 heavy (non-hydrogen) atoms. The maximum Gasteiger partial charge on any atom is 0.259 e. The first-order valence-electron chi connectivity index (χ1n) is 7.11. The van der Waals surface area contributed by atoms with Crippen molar-refractivity contribution in [3.05, 3.63) is 23.5 Å². The van der Waals surface area contributed by atoms with Gasteiger partial charge in [-0.1, -0.05) is 37.3 Å². The Kier molecular flexibility index (Phi) is 5.40. The maximum absolute atomic E-state index is 12.0. The molecule has 0 spiro atoms. The second-order valence-corrected chi connectivity index (χ2v) is 5.60. The summed E-state index contributed by atoms with van der Waals surface area (Å²) in [5, 5.41) is 12.4. The zero-order chi connectivity index (χ0) is 15.1. The summed E-state index contributed by atoms with van der Waals surface area (Å²) in [6, 6.07) is 5.60. The second kappa shape index (κ2) is 7.28. The number of ether oxygens (including phenoxy) is 1. The van der Waals surface area contributed by atoms with E-state index in [-0.39, 0.29) is 17.7 Å². The number of carbonyl (C=O) groups is 1. The van der Waals surface area contributed by atoms with Gasteiger partial charge in [-0.3, -0.25) is 4.79 Å². The monoisotopic (exact) mass is 307 g/mol. The summed E-state index contributed by atoms with van der Waals surface area (Å²) >= 11 is 5.86. The molecule has 1 saturated carbocycles. The zero-order valence-electron chi connectivity index (χ0n) is 11.8. The van der Waals surface area contributed by atoms with Gasteiger partial charge in [0.15, 0.2) is 17.5 Å². The molecular formula is C15H18ClN3O2. The average molecular weight is 308 g/mol. The van der Waals surface area contributed by atoms with Gasteiger partial charge in [-0.2, -0.15) is 5.26 Å². The van der Waals surface area contributed by atoms with E-state index in [1.807, 2.05) is 0 Å². The third-order valence-corrected chi connectivity index (χ3v) is 3.92. The summed E-state index contributed by atoms with van der Waals surface area (Å²) in [5.74, 6) is 0.0551. The van der Waals surface area contributed by atoms with E-state index >= 15 is 0 Å². The minimum absolute atomic E-state index is 0.172. The van der Waals surface area contributed by atoms with Crippen molar-refractivity contribution < 1.29 is 9.53 Å². The molecule has 1 heterocycles. The fourth-order valence-electron chi connectivity index (χ4n) is 2.52. The van der Waals surface area contributed by atoms with Gasteiger partial charge in [0.2, 0.25) is 0 Å². The number of hydrogen-bond acceptors (Lipinski definition) is 4. The van der Waals surface area contributed by atoms with Crippen LogP contribution < -0.4 is 10.1 Å². The number of amides is 1. The number of aromatic nitrogens is 1. The topological polar surface area (TPSA) is 75.0 Å². The van der Waals surface area contributed by atoms with Crippen LogP contribution in [0.3, 0.4) is 0 Å². The molecule has 0 radical (unpaired) electrons. The van der Waals surface area contributed by atoms with E-state index in [2.05, 4.69) is 16.4 Å². The molecule has 0 unspecified atom stereocenters. The van der Waals surface area contributed by atoms with Gasteiger partial charge in [0.05, 0.1) is 6.07 Å². The predicted molar refractivity (Wildman–Crippen MR) is 78.9 cm³/mol. The molecule has 0 aromatic carbocycles. The molecule has 1 amide bonds. The van der Waals surface area contributed by atoms with E-state index in [0.29, 0.717) is 18.6 Å². The number of hydrogen-bond donors (Lipinski definition) is 1. The summed E-state index contributed by atoms with van der Waals surface area (Å²) < 4.78 is 5.34. The van der Waals surface area contributed by atoms with E-state index < -0.39 is 5.54 Å². The van der Waals surface area contributed by atoms with Crippen molar-refractivity contribution in [2.45, 2.75) is 44.1 Å². The van der Waals surface area contributed by atoms with Crippen LogP contribution in [0, 0.1) is 11.3 Å². The van der Waals surface area contributed by atoms with E-state index in [9.17, 15) is 10.1 Å². The molecule has 0 atom stereocenters. The number of nitrogens with one attached hydrogen (secondary N) is 1. The quantitative estimate of drug-likeness (QED) is 0.685. The second-order valence-electron chi connectivity index (χ2n) is 5.24. The summed E-state index contributed by atoms with van der Waals surface area (Å²) in [6.45, 7) is -0.172. The molecule has 1 fully saturated rings. The Bertz CT molecular complexity index is 534. The fraction of sp³-hybridized carbons (Fsp3) is 0.533. The van der Waals surface area contributed by atoms with Gasteiger partial charge < -0.3 is 10.1 Å². The largest absolute Gasteiger partial charge is 0.481 e. The molecule has 6 heteroatoms. The summed E-state index contributed by atoms with van der Waals surface area (Å²) in [4.78, 5) is 15.9. The molecule has 0 saturated heterocycles. The number of rotatable bonds is 4.